The maximum atomic E-state index is 14.8. The van der Waals surface area contributed by atoms with Crippen molar-refractivity contribution in [2.24, 2.45) is 0 Å². The number of carbonyl (C=O) groups is 1. The van der Waals surface area contributed by atoms with Crippen molar-refractivity contribution >= 4 is 38.5 Å². The van der Waals surface area contributed by atoms with Gasteiger partial charge in [0.1, 0.15) is 17.4 Å². The second-order valence-electron chi connectivity index (χ2n) is 5.69. The number of pyridine rings is 1. The van der Waals surface area contributed by atoms with Gasteiger partial charge in [0.15, 0.2) is 0 Å². The number of hydrogen-bond acceptors (Lipinski definition) is 5. The highest BCUT2D eigenvalue weighted by Crippen LogP contribution is 2.51. The van der Waals surface area contributed by atoms with E-state index in [1.54, 1.807) is 13.0 Å². The van der Waals surface area contributed by atoms with Crippen LogP contribution in [0.1, 0.15) is 31.7 Å². The molecule has 6 nitrogen and oxygen atoms in total. The second kappa shape index (κ2) is 6.08. The minimum absolute atomic E-state index is 0.00586. The number of esters is 1. The Bertz CT molecular complexity index is 852. The molecule has 1 heterocycles. The molecule has 0 amide bonds. The van der Waals surface area contributed by atoms with Crippen LogP contribution < -0.4 is 0 Å². The summed E-state index contributed by atoms with van der Waals surface area (Å²) in [5, 5.41) is 11.5. The molecule has 8 heteroatoms. The number of fused-ring (bicyclic) bond motifs is 1. The van der Waals surface area contributed by atoms with Crippen LogP contribution >= 0.6 is 15.9 Å². The number of halogens is 2. The molecular weight excluding hydrogens is 383 g/mol. The molecule has 1 aliphatic carbocycles. The van der Waals surface area contributed by atoms with Gasteiger partial charge in [0.05, 0.1) is 27.1 Å². The third-order valence-electron chi connectivity index (χ3n) is 4.45. The molecule has 1 aromatic carbocycles. The van der Waals surface area contributed by atoms with Crippen LogP contribution in [0.15, 0.2) is 22.8 Å². The predicted octanol–water partition coefficient (Wildman–Crippen LogP) is 4.03. The van der Waals surface area contributed by atoms with E-state index in [1.165, 1.54) is 6.07 Å². The summed E-state index contributed by atoms with van der Waals surface area (Å²) >= 11 is 3.10. The van der Waals surface area contributed by atoms with Crippen LogP contribution in [0.4, 0.5) is 10.1 Å². The Balaban J connectivity index is 2.39. The highest BCUT2D eigenvalue weighted by atomic mass is 79.9. The van der Waals surface area contributed by atoms with Gasteiger partial charge in [0.25, 0.3) is 5.69 Å². The first-order chi connectivity index (χ1) is 11.4. The number of benzene rings is 1. The van der Waals surface area contributed by atoms with Crippen molar-refractivity contribution in [2.75, 3.05) is 6.61 Å². The van der Waals surface area contributed by atoms with Gasteiger partial charge < -0.3 is 4.74 Å². The van der Waals surface area contributed by atoms with Crippen LogP contribution in [0.2, 0.25) is 0 Å². The number of aromatic nitrogens is 1. The molecule has 0 N–H and O–H groups in total. The monoisotopic (exact) mass is 396 g/mol. The smallest absolute Gasteiger partial charge is 0.316 e. The summed E-state index contributed by atoms with van der Waals surface area (Å²) in [5.74, 6) is -1.21. The van der Waals surface area contributed by atoms with Gasteiger partial charge in [0.2, 0.25) is 0 Å². The zero-order valence-corrected chi connectivity index (χ0v) is 14.4. The van der Waals surface area contributed by atoms with Crippen LogP contribution in [0.3, 0.4) is 0 Å². The lowest BCUT2D eigenvalue weighted by atomic mass is 9.63. The quantitative estimate of drug-likeness (QED) is 0.442. The first-order valence-electron chi connectivity index (χ1n) is 7.51. The molecular formula is C16H14BrFN2O4. The summed E-state index contributed by atoms with van der Waals surface area (Å²) in [5.41, 5.74) is -1.21. The fraction of sp³-hybridized carbons (Fsp3) is 0.375. The summed E-state index contributed by atoms with van der Waals surface area (Å²) in [4.78, 5) is 27.4. The number of nitrogens with zero attached hydrogens (tertiary/aromatic N) is 2. The first kappa shape index (κ1) is 16.8. The third kappa shape index (κ3) is 2.36. The van der Waals surface area contributed by atoms with Gasteiger partial charge >= 0.3 is 5.97 Å². The van der Waals surface area contributed by atoms with E-state index in [-0.39, 0.29) is 33.2 Å². The molecule has 24 heavy (non-hydrogen) atoms. The van der Waals surface area contributed by atoms with Crippen molar-refractivity contribution < 1.29 is 18.8 Å². The van der Waals surface area contributed by atoms with E-state index in [1.807, 2.05) is 0 Å². The molecule has 1 aliphatic rings. The highest BCUT2D eigenvalue weighted by Gasteiger charge is 2.52. The number of ether oxygens (including phenoxy) is 1. The molecule has 0 unspecified atom stereocenters. The Morgan fingerprint density at radius 2 is 2.21 bits per heavy atom. The lowest BCUT2D eigenvalue weighted by Gasteiger charge is -2.39. The zero-order chi connectivity index (χ0) is 17.5. The van der Waals surface area contributed by atoms with E-state index in [2.05, 4.69) is 20.9 Å². The largest absolute Gasteiger partial charge is 0.465 e. The molecule has 0 spiro atoms. The van der Waals surface area contributed by atoms with Crippen molar-refractivity contribution in [3.05, 3.63) is 44.3 Å². The number of rotatable bonds is 4. The number of nitro groups is 1. The van der Waals surface area contributed by atoms with Gasteiger partial charge in [-0.05, 0) is 47.8 Å². The van der Waals surface area contributed by atoms with Gasteiger partial charge in [0, 0.05) is 5.39 Å². The Morgan fingerprint density at radius 3 is 2.75 bits per heavy atom. The maximum absolute atomic E-state index is 14.8. The summed E-state index contributed by atoms with van der Waals surface area (Å²) in [6.07, 6.45) is 2.58. The van der Waals surface area contributed by atoms with E-state index in [0.717, 1.165) is 12.6 Å². The molecule has 1 aromatic heterocycles. The van der Waals surface area contributed by atoms with Crippen LogP contribution in [0, 0.1) is 15.9 Å². The van der Waals surface area contributed by atoms with Gasteiger partial charge in [-0.3, -0.25) is 14.9 Å². The van der Waals surface area contributed by atoms with Crippen molar-refractivity contribution in [2.45, 2.75) is 31.6 Å². The second-order valence-corrected chi connectivity index (χ2v) is 6.54. The molecule has 0 radical (unpaired) electrons. The Labute approximate surface area is 145 Å². The SMILES string of the molecule is CCOC(=O)C1(c2c([N+](=O)[O-])cnc3ccc(Br)c(F)c23)CCC1. The Hall–Kier alpha value is -2.09. The molecule has 0 aliphatic heterocycles. The summed E-state index contributed by atoms with van der Waals surface area (Å²) in [6.45, 7) is 1.82. The topological polar surface area (TPSA) is 82.3 Å². The van der Waals surface area contributed by atoms with Crippen LogP contribution in [0.5, 0.6) is 0 Å². The minimum atomic E-state index is -1.19. The molecule has 0 bridgehead atoms. The van der Waals surface area contributed by atoms with Crippen LogP contribution in [0.25, 0.3) is 10.9 Å². The minimum Gasteiger partial charge on any atom is -0.465 e. The van der Waals surface area contributed by atoms with E-state index in [0.29, 0.717) is 12.8 Å². The fourth-order valence-electron chi connectivity index (χ4n) is 3.19. The van der Waals surface area contributed by atoms with Crippen LogP contribution in [-0.4, -0.2) is 22.5 Å². The van der Waals surface area contributed by atoms with Gasteiger partial charge in [-0.15, -0.1) is 0 Å². The van der Waals surface area contributed by atoms with Gasteiger partial charge in [-0.25, -0.2) is 9.37 Å². The van der Waals surface area contributed by atoms with Crippen molar-refractivity contribution in [3.63, 3.8) is 0 Å². The van der Waals surface area contributed by atoms with Crippen LogP contribution in [-0.2, 0) is 14.9 Å². The fourth-order valence-corrected chi connectivity index (χ4v) is 3.52. The molecule has 2 aromatic rings. The molecule has 126 valence electrons. The number of carbonyl (C=O) groups excluding carboxylic acids is 1. The van der Waals surface area contributed by atoms with Crippen molar-refractivity contribution in [3.8, 4) is 0 Å². The molecule has 1 fully saturated rings. The molecule has 1 saturated carbocycles. The lowest BCUT2D eigenvalue weighted by molar-refractivity contribution is -0.386. The van der Waals surface area contributed by atoms with E-state index in [4.69, 9.17) is 4.74 Å². The molecule has 0 saturated heterocycles. The standard InChI is InChI=1S/C16H14BrFN2O4/c1-2-24-15(21)16(6-3-7-16)13-11(20(22)23)8-19-10-5-4-9(17)14(18)12(10)13/h4-5,8H,2-3,6-7H2,1H3. The van der Waals surface area contributed by atoms with E-state index >= 15 is 0 Å². The summed E-state index contributed by atoms with van der Waals surface area (Å²) in [7, 11) is 0. The summed E-state index contributed by atoms with van der Waals surface area (Å²) < 4.78 is 20.1. The van der Waals surface area contributed by atoms with Gasteiger partial charge in [-0.2, -0.15) is 0 Å². The van der Waals surface area contributed by atoms with Gasteiger partial charge in [-0.1, -0.05) is 6.42 Å². The first-order valence-corrected chi connectivity index (χ1v) is 8.30. The molecule has 3 rings (SSSR count). The maximum Gasteiger partial charge on any atom is 0.316 e. The third-order valence-corrected chi connectivity index (χ3v) is 5.07. The lowest BCUT2D eigenvalue weighted by Crippen LogP contribution is -2.44. The summed E-state index contributed by atoms with van der Waals surface area (Å²) in [6, 6.07) is 3.05. The van der Waals surface area contributed by atoms with Crippen molar-refractivity contribution in [1.29, 1.82) is 0 Å². The zero-order valence-electron chi connectivity index (χ0n) is 12.8. The normalized spacial score (nSPS) is 15.8. The molecule has 0 atom stereocenters. The predicted molar refractivity (Wildman–Crippen MR) is 88.2 cm³/mol. The average molecular weight is 397 g/mol. The van der Waals surface area contributed by atoms with E-state index in [9.17, 15) is 19.3 Å². The highest BCUT2D eigenvalue weighted by molar-refractivity contribution is 9.10. The van der Waals surface area contributed by atoms with Crippen molar-refractivity contribution in [1.82, 2.24) is 4.98 Å². The number of hydrogen-bond donors (Lipinski definition) is 0. The Kier molecular flexibility index (Phi) is 4.25. The van der Waals surface area contributed by atoms with E-state index < -0.39 is 22.1 Å². The Morgan fingerprint density at radius 1 is 1.50 bits per heavy atom. The average Bonchev–Trinajstić information content (AvgIpc) is 2.50.